The molecule has 4 rings (SSSR count). The summed E-state index contributed by atoms with van der Waals surface area (Å²) in [6.45, 7) is 2.30. The van der Waals surface area contributed by atoms with Gasteiger partial charge in [-0.1, -0.05) is 101 Å². The number of hydrogen-bond donors (Lipinski definition) is 0. The molecule has 0 nitrogen and oxygen atoms in total. The van der Waals surface area contributed by atoms with Crippen LogP contribution in [0.4, 0.5) is 0 Å². The van der Waals surface area contributed by atoms with Gasteiger partial charge in [0.2, 0.25) is 0 Å². The van der Waals surface area contributed by atoms with Gasteiger partial charge < -0.3 is 0 Å². The maximum absolute atomic E-state index is 2.50. The van der Waals surface area contributed by atoms with Gasteiger partial charge >= 0.3 is 0 Å². The lowest BCUT2D eigenvalue weighted by Gasteiger charge is -2.36. The first kappa shape index (κ1) is 20.0. The minimum atomic E-state index is 0.829. The lowest BCUT2D eigenvalue weighted by molar-refractivity contribution is 0.429. The van der Waals surface area contributed by atoms with Gasteiger partial charge in [-0.05, 0) is 71.4 Å². The van der Waals surface area contributed by atoms with Crippen molar-refractivity contribution in [2.24, 2.45) is 0 Å². The SMILES string of the molecule is CCCCCCCCCCCCC1CCC2CCc3cccc4ccc1c2c34. The summed E-state index contributed by atoms with van der Waals surface area (Å²) in [5.41, 5.74) is 5.11. The minimum absolute atomic E-state index is 0.829. The quantitative estimate of drug-likeness (QED) is 0.343. The molecule has 2 aliphatic rings. The van der Waals surface area contributed by atoms with Gasteiger partial charge in [-0.25, -0.2) is 0 Å². The van der Waals surface area contributed by atoms with Crippen LogP contribution in [-0.4, -0.2) is 0 Å². The van der Waals surface area contributed by atoms with Crippen LogP contribution in [0.1, 0.15) is 125 Å². The maximum atomic E-state index is 2.50. The summed E-state index contributed by atoms with van der Waals surface area (Å²) in [5.74, 6) is 1.67. The lowest BCUT2D eigenvalue weighted by Crippen LogP contribution is -2.19. The van der Waals surface area contributed by atoms with Crippen molar-refractivity contribution in [1.29, 1.82) is 0 Å². The van der Waals surface area contributed by atoms with E-state index in [-0.39, 0.29) is 0 Å². The fraction of sp³-hybridized carbons (Fsp3) is 0.643. The van der Waals surface area contributed by atoms with E-state index in [1.54, 1.807) is 22.1 Å². The molecule has 0 amide bonds. The lowest BCUT2D eigenvalue weighted by atomic mass is 9.68. The Morgan fingerprint density at radius 2 is 1.50 bits per heavy atom. The van der Waals surface area contributed by atoms with Gasteiger partial charge in [0, 0.05) is 0 Å². The fourth-order valence-electron chi connectivity index (χ4n) is 6.00. The molecule has 2 unspecified atom stereocenters. The van der Waals surface area contributed by atoms with Crippen LogP contribution in [0.15, 0.2) is 30.3 Å². The summed E-state index contributed by atoms with van der Waals surface area (Å²) in [6.07, 6.45) is 21.4. The van der Waals surface area contributed by atoms with Crippen molar-refractivity contribution in [2.75, 3.05) is 0 Å². The Hall–Kier alpha value is -1.30. The highest BCUT2D eigenvalue weighted by Gasteiger charge is 2.31. The highest BCUT2D eigenvalue weighted by atomic mass is 14.4. The zero-order valence-corrected chi connectivity index (χ0v) is 18.1. The second-order valence-electron chi connectivity index (χ2n) is 9.56. The molecular weight excluding hydrogens is 336 g/mol. The molecule has 0 aliphatic heterocycles. The molecule has 2 atom stereocenters. The van der Waals surface area contributed by atoms with E-state index in [0.29, 0.717) is 0 Å². The molecule has 2 aromatic rings. The van der Waals surface area contributed by atoms with Crippen molar-refractivity contribution in [3.05, 3.63) is 47.0 Å². The molecule has 0 fully saturated rings. The number of benzene rings is 2. The predicted octanol–water partition coefficient (Wildman–Crippen LogP) is 9.06. The maximum Gasteiger partial charge on any atom is -0.0114 e. The minimum Gasteiger partial charge on any atom is -0.0654 e. The Morgan fingerprint density at radius 1 is 0.750 bits per heavy atom. The Balaban J connectivity index is 1.28. The Kier molecular flexibility index (Phi) is 7.10. The summed E-state index contributed by atoms with van der Waals surface area (Å²) in [5, 5.41) is 3.13. The topological polar surface area (TPSA) is 0 Å². The zero-order chi connectivity index (χ0) is 19.2. The van der Waals surface area contributed by atoms with Crippen molar-refractivity contribution in [1.82, 2.24) is 0 Å². The van der Waals surface area contributed by atoms with Gasteiger partial charge in [-0.3, -0.25) is 0 Å². The standard InChI is InChI=1S/C28H40/c1-2-3-4-5-6-7-8-9-10-11-13-22-16-17-25-19-18-23-14-12-15-24-20-21-26(22)28(25)27(23)24/h12,14-15,20-22,25H,2-11,13,16-19H2,1H3. The van der Waals surface area contributed by atoms with Crippen LogP contribution < -0.4 is 0 Å². The summed E-state index contributed by atoms with van der Waals surface area (Å²) in [7, 11) is 0. The summed E-state index contributed by atoms with van der Waals surface area (Å²) >= 11 is 0. The molecular formula is C28H40. The molecule has 0 saturated heterocycles. The monoisotopic (exact) mass is 376 g/mol. The van der Waals surface area contributed by atoms with Crippen molar-refractivity contribution < 1.29 is 0 Å². The van der Waals surface area contributed by atoms with Gasteiger partial charge in [-0.15, -0.1) is 0 Å². The number of aryl methyl sites for hydroxylation is 1. The van der Waals surface area contributed by atoms with Gasteiger partial charge in [0.1, 0.15) is 0 Å². The van der Waals surface area contributed by atoms with Crippen LogP contribution in [0.25, 0.3) is 10.8 Å². The molecule has 0 saturated carbocycles. The zero-order valence-electron chi connectivity index (χ0n) is 18.1. The highest BCUT2D eigenvalue weighted by Crippen LogP contribution is 2.49. The van der Waals surface area contributed by atoms with Crippen LogP contribution in [0.3, 0.4) is 0 Å². The van der Waals surface area contributed by atoms with E-state index in [0.717, 1.165) is 11.8 Å². The van der Waals surface area contributed by atoms with E-state index in [4.69, 9.17) is 0 Å². The van der Waals surface area contributed by atoms with E-state index < -0.39 is 0 Å². The van der Waals surface area contributed by atoms with Crippen LogP contribution >= 0.6 is 0 Å². The molecule has 0 heteroatoms. The second-order valence-corrected chi connectivity index (χ2v) is 9.56. The number of unbranched alkanes of at least 4 members (excludes halogenated alkanes) is 9. The van der Waals surface area contributed by atoms with Crippen LogP contribution in [0, 0.1) is 0 Å². The summed E-state index contributed by atoms with van der Waals surface area (Å²) < 4.78 is 0. The van der Waals surface area contributed by atoms with Crippen molar-refractivity contribution in [3.8, 4) is 0 Å². The molecule has 28 heavy (non-hydrogen) atoms. The largest absolute Gasteiger partial charge is 0.0654 e. The first-order valence-electron chi connectivity index (χ1n) is 12.4. The van der Waals surface area contributed by atoms with Crippen LogP contribution in [-0.2, 0) is 6.42 Å². The molecule has 2 aromatic carbocycles. The van der Waals surface area contributed by atoms with E-state index in [1.165, 1.54) is 102 Å². The molecule has 0 spiro atoms. The van der Waals surface area contributed by atoms with E-state index in [1.807, 2.05) is 0 Å². The van der Waals surface area contributed by atoms with Gasteiger partial charge in [-0.2, -0.15) is 0 Å². The third-order valence-corrected chi connectivity index (χ3v) is 7.59. The number of rotatable bonds is 11. The van der Waals surface area contributed by atoms with E-state index in [9.17, 15) is 0 Å². The van der Waals surface area contributed by atoms with Crippen LogP contribution in [0.2, 0.25) is 0 Å². The molecule has 152 valence electrons. The molecule has 0 bridgehead atoms. The average Bonchev–Trinajstić information content (AvgIpc) is 2.74. The highest BCUT2D eigenvalue weighted by molar-refractivity contribution is 5.91. The van der Waals surface area contributed by atoms with Crippen LogP contribution in [0.5, 0.6) is 0 Å². The van der Waals surface area contributed by atoms with Crippen molar-refractivity contribution >= 4 is 10.8 Å². The third-order valence-electron chi connectivity index (χ3n) is 7.59. The van der Waals surface area contributed by atoms with E-state index >= 15 is 0 Å². The summed E-state index contributed by atoms with van der Waals surface area (Å²) in [6, 6.07) is 11.9. The van der Waals surface area contributed by atoms with Gasteiger partial charge in [0.05, 0.1) is 0 Å². The van der Waals surface area contributed by atoms with Gasteiger partial charge in [0.25, 0.3) is 0 Å². The Labute approximate surface area is 173 Å². The summed E-state index contributed by atoms with van der Waals surface area (Å²) in [4.78, 5) is 0. The first-order valence-corrected chi connectivity index (χ1v) is 12.4. The van der Waals surface area contributed by atoms with Gasteiger partial charge in [0.15, 0.2) is 0 Å². The van der Waals surface area contributed by atoms with Crippen molar-refractivity contribution in [2.45, 2.75) is 115 Å². The van der Waals surface area contributed by atoms with E-state index in [2.05, 4.69) is 37.3 Å². The molecule has 0 aromatic heterocycles. The van der Waals surface area contributed by atoms with Crippen molar-refractivity contribution in [3.63, 3.8) is 0 Å². The predicted molar refractivity (Wildman–Crippen MR) is 123 cm³/mol. The molecule has 0 radical (unpaired) electrons. The Morgan fingerprint density at radius 3 is 2.29 bits per heavy atom. The molecule has 0 heterocycles. The average molecular weight is 377 g/mol. The first-order chi connectivity index (χ1) is 13.9. The normalized spacial score (nSPS) is 20.6. The third kappa shape index (κ3) is 4.47. The smallest absolute Gasteiger partial charge is 0.0114 e. The molecule has 0 N–H and O–H groups in total. The second kappa shape index (κ2) is 9.95. The fourth-order valence-corrected chi connectivity index (χ4v) is 6.00. The number of hydrogen-bond acceptors (Lipinski definition) is 0. The Bertz CT molecular complexity index is 756. The molecule has 2 aliphatic carbocycles.